The van der Waals surface area contributed by atoms with Gasteiger partial charge >= 0.3 is 0 Å². The number of likely N-dealkylation sites (tertiary alicyclic amines) is 1. The molecule has 0 spiro atoms. The van der Waals surface area contributed by atoms with E-state index in [4.69, 9.17) is 0 Å². The van der Waals surface area contributed by atoms with Crippen LogP contribution in [0.1, 0.15) is 16.8 Å². The summed E-state index contributed by atoms with van der Waals surface area (Å²) < 4.78 is 0. The van der Waals surface area contributed by atoms with Gasteiger partial charge < -0.3 is 10.1 Å². The Bertz CT molecular complexity index is 813. The molecular formula is C19H21N3O2. The van der Waals surface area contributed by atoms with Crippen LogP contribution in [-0.4, -0.2) is 45.7 Å². The maximum atomic E-state index is 11.8. The van der Waals surface area contributed by atoms with Crippen molar-refractivity contribution < 1.29 is 5.11 Å². The molecule has 2 heterocycles. The minimum Gasteiger partial charge on any atom is -0.391 e. The number of aromatic amines is 1. The van der Waals surface area contributed by atoms with Gasteiger partial charge in [0.05, 0.1) is 18.1 Å². The lowest BCUT2D eigenvalue weighted by Crippen LogP contribution is -2.24. The third kappa shape index (κ3) is 2.92. The van der Waals surface area contributed by atoms with Crippen molar-refractivity contribution in [1.82, 2.24) is 14.9 Å². The lowest BCUT2D eigenvalue weighted by atomic mass is 9.97. The summed E-state index contributed by atoms with van der Waals surface area (Å²) in [6.45, 7) is 2.28. The van der Waals surface area contributed by atoms with E-state index < -0.39 is 0 Å². The summed E-state index contributed by atoms with van der Waals surface area (Å²) in [4.78, 5) is 21.1. The molecule has 1 fully saturated rings. The topological polar surface area (TPSA) is 69.2 Å². The number of fused-ring (bicyclic) bond motifs is 1. The number of benzene rings is 1. The van der Waals surface area contributed by atoms with Crippen LogP contribution in [0, 0.1) is 5.92 Å². The first-order valence-corrected chi connectivity index (χ1v) is 8.41. The molecule has 5 heteroatoms. The highest BCUT2D eigenvalue weighted by Crippen LogP contribution is 2.27. The van der Waals surface area contributed by atoms with Gasteiger partial charge in [-0.3, -0.25) is 9.69 Å². The van der Waals surface area contributed by atoms with Crippen molar-refractivity contribution in [2.75, 3.05) is 19.6 Å². The van der Waals surface area contributed by atoms with Crippen LogP contribution in [0.25, 0.3) is 5.57 Å². The third-order valence-electron chi connectivity index (χ3n) is 5.02. The summed E-state index contributed by atoms with van der Waals surface area (Å²) in [5.41, 5.74) is 3.90. The van der Waals surface area contributed by atoms with E-state index in [9.17, 15) is 9.90 Å². The number of H-pyrrole nitrogens is 1. The monoisotopic (exact) mass is 323 g/mol. The molecule has 0 saturated carbocycles. The molecule has 0 amide bonds. The van der Waals surface area contributed by atoms with Crippen LogP contribution in [0.5, 0.6) is 0 Å². The number of hydrogen-bond donors (Lipinski definition) is 2. The second kappa shape index (κ2) is 6.34. The molecule has 124 valence electrons. The van der Waals surface area contributed by atoms with Crippen LogP contribution in [0.4, 0.5) is 0 Å². The smallest absolute Gasteiger partial charge is 0.254 e. The van der Waals surface area contributed by atoms with E-state index in [1.54, 1.807) is 0 Å². The van der Waals surface area contributed by atoms with Crippen molar-refractivity contribution in [2.45, 2.75) is 18.9 Å². The second-order valence-corrected chi connectivity index (χ2v) is 6.70. The first-order chi connectivity index (χ1) is 11.7. The van der Waals surface area contributed by atoms with Gasteiger partial charge in [-0.15, -0.1) is 0 Å². The lowest BCUT2D eigenvalue weighted by Gasteiger charge is -2.16. The highest BCUT2D eigenvalue weighted by molar-refractivity contribution is 5.70. The Kier molecular flexibility index (Phi) is 4.04. The zero-order valence-corrected chi connectivity index (χ0v) is 13.5. The lowest BCUT2D eigenvalue weighted by molar-refractivity contribution is 0.142. The van der Waals surface area contributed by atoms with Crippen molar-refractivity contribution in [3.8, 4) is 0 Å². The van der Waals surface area contributed by atoms with Crippen LogP contribution in [0.15, 0.2) is 47.5 Å². The fourth-order valence-corrected chi connectivity index (χ4v) is 3.78. The van der Waals surface area contributed by atoms with Gasteiger partial charge in [-0.2, -0.15) is 0 Å². The number of aromatic nitrogens is 2. The fraction of sp³-hybridized carbons (Fsp3) is 0.368. The number of rotatable bonds is 4. The highest BCUT2D eigenvalue weighted by Gasteiger charge is 2.32. The number of nitrogens with one attached hydrogen (secondary N) is 1. The van der Waals surface area contributed by atoms with Gasteiger partial charge in [0.25, 0.3) is 5.56 Å². The van der Waals surface area contributed by atoms with Gasteiger partial charge in [-0.25, -0.2) is 4.98 Å². The summed E-state index contributed by atoms with van der Waals surface area (Å²) in [6.07, 6.45) is 4.80. The quantitative estimate of drug-likeness (QED) is 0.888. The molecular weight excluding hydrogens is 302 g/mol. The van der Waals surface area contributed by atoms with Gasteiger partial charge in [-0.05, 0) is 24.0 Å². The van der Waals surface area contributed by atoms with E-state index in [-0.39, 0.29) is 17.6 Å². The molecule has 1 aromatic heterocycles. The van der Waals surface area contributed by atoms with E-state index in [1.807, 2.05) is 18.2 Å². The third-order valence-corrected chi connectivity index (χ3v) is 5.02. The molecule has 0 radical (unpaired) electrons. The molecule has 4 rings (SSSR count). The molecule has 5 nitrogen and oxygen atoms in total. The molecule has 1 aromatic carbocycles. The number of aliphatic hydroxyl groups excluding tert-OH is 1. The van der Waals surface area contributed by atoms with Gasteiger partial charge in [0.15, 0.2) is 0 Å². The van der Waals surface area contributed by atoms with E-state index in [0.29, 0.717) is 13.0 Å². The van der Waals surface area contributed by atoms with Crippen molar-refractivity contribution in [1.29, 1.82) is 0 Å². The van der Waals surface area contributed by atoms with E-state index >= 15 is 0 Å². The predicted molar refractivity (Wildman–Crippen MR) is 92.6 cm³/mol. The molecule has 0 bridgehead atoms. The molecule has 2 atom stereocenters. The fourth-order valence-electron chi connectivity index (χ4n) is 3.78. The predicted octanol–water partition coefficient (Wildman–Crippen LogP) is 1.24. The number of hydrogen-bond acceptors (Lipinski definition) is 4. The first kappa shape index (κ1) is 15.3. The average Bonchev–Trinajstić information content (AvgIpc) is 3.14. The van der Waals surface area contributed by atoms with Crippen LogP contribution in [0.2, 0.25) is 0 Å². The molecule has 2 aliphatic rings. The summed E-state index contributed by atoms with van der Waals surface area (Å²) in [5.74, 6) is 0.251. The normalized spacial score (nSPS) is 23.3. The van der Waals surface area contributed by atoms with Crippen molar-refractivity contribution in [3.63, 3.8) is 0 Å². The molecule has 1 aliphatic heterocycles. The SMILES string of the molecule is O=c1[nH]cnc2c1CC=C2CN1C[C@H](Cc2ccccc2)[C@@H](O)C1. The number of nitrogens with zero attached hydrogens (tertiary/aromatic N) is 2. The second-order valence-electron chi connectivity index (χ2n) is 6.70. The summed E-state index contributed by atoms with van der Waals surface area (Å²) >= 11 is 0. The first-order valence-electron chi connectivity index (χ1n) is 8.41. The van der Waals surface area contributed by atoms with Crippen molar-refractivity contribution in [2.24, 2.45) is 5.92 Å². The Morgan fingerprint density at radius 1 is 1.25 bits per heavy atom. The van der Waals surface area contributed by atoms with Crippen molar-refractivity contribution in [3.05, 3.63) is 69.9 Å². The molecule has 2 N–H and O–H groups in total. The maximum absolute atomic E-state index is 11.8. The summed E-state index contributed by atoms with van der Waals surface area (Å²) in [6, 6.07) is 10.3. The zero-order valence-electron chi connectivity index (χ0n) is 13.5. The Hall–Kier alpha value is -2.24. The molecule has 24 heavy (non-hydrogen) atoms. The van der Waals surface area contributed by atoms with Gasteiger partial charge in [0.1, 0.15) is 0 Å². The number of allylic oxidation sites excluding steroid dienone is 1. The minimum atomic E-state index is -0.307. The van der Waals surface area contributed by atoms with Gasteiger partial charge in [-0.1, -0.05) is 36.4 Å². The largest absolute Gasteiger partial charge is 0.391 e. The Morgan fingerprint density at radius 2 is 2.08 bits per heavy atom. The highest BCUT2D eigenvalue weighted by atomic mass is 16.3. The number of β-amino-alcohol motifs (C(OH)–C–C–N with tert-alkyl or cyclic N) is 1. The van der Waals surface area contributed by atoms with Crippen LogP contribution < -0.4 is 5.56 Å². The van der Waals surface area contributed by atoms with E-state index in [1.165, 1.54) is 11.9 Å². The molecule has 2 aromatic rings. The van der Waals surface area contributed by atoms with Crippen LogP contribution in [0.3, 0.4) is 0 Å². The summed E-state index contributed by atoms with van der Waals surface area (Å²) in [5, 5.41) is 10.4. The van der Waals surface area contributed by atoms with Gasteiger partial charge in [0, 0.05) is 31.1 Å². The Morgan fingerprint density at radius 3 is 2.92 bits per heavy atom. The minimum absolute atomic E-state index is 0.0466. The maximum Gasteiger partial charge on any atom is 0.254 e. The molecule has 1 aliphatic carbocycles. The summed E-state index contributed by atoms with van der Waals surface area (Å²) in [7, 11) is 0. The average molecular weight is 323 g/mol. The van der Waals surface area contributed by atoms with Gasteiger partial charge in [0.2, 0.25) is 0 Å². The molecule has 0 unspecified atom stereocenters. The molecule has 1 saturated heterocycles. The van der Waals surface area contributed by atoms with Crippen LogP contribution in [-0.2, 0) is 12.8 Å². The van der Waals surface area contributed by atoms with E-state index in [0.717, 1.165) is 36.3 Å². The van der Waals surface area contributed by atoms with Crippen LogP contribution >= 0.6 is 0 Å². The van der Waals surface area contributed by atoms with E-state index in [2.05, 4.69) is 33.1 Å². The standard InChI is InChI=1S/C19H21N3O2/c23-17-11-22(10-15(17)8-13-4-2-1-3-5-13)9-14-6-7-16-18(14)20-12-21-19(16)24/h1-6,12,15,17,23H,7-11H2,(H,20,21,24)/t15-,17-/m0/s1. The Labute approximate surface area is 140 Å². The van der Waals surface area contributed by atoms with Crippen molar-refractivity contribution >= 4 is 5.57 Å². The number of aliphatic hydroxyl groups is 1. The zero-order chi connectivity index (χ0) is 16.5. The Balaban J connectivity index is 1.43.